The number of carboxylic acid groups (broad SMARTS) is 1. The highest BCUT2D eigenvalue weighted by Gasteiger charge is 2.28. The number of likely N-dealkylation sites (tertiary alicyclic amines) is 1. The number of hydrogen-bond donors (Lipinski definition) is 1. The molecule has 4 nitrogen and oxygen atoms in total. The van der Waals surface area contributed by atoms with Crippen LogP contribution in [0.2, 0.25) is 0 Å². The molecule has 0 aromatic heterocycles. The number of benzene rings is 1. The van der Waals surface area contributed by atoms with E-state index in [1.54, 1.807) is 23.9 Å². The van der Waals surface area contributed by atoms with Crippen molar-refractivity contribution in [2.75, 3.05) is 18.8 Å². The van der Waals surface area contributed by atoms with E-state index in [1.165, 1.54) is 6.42 Å². The van der Waals surface area contributed by atoms with Crippen molar-refractivity contribution in [3.8, 4) is 0 Å². The quantitative estimate of drug-likeness (QED) is 0.930. The Hall–Kier alpha value is -1.75. The second-order valence-electron chi connectivity index (χ2n) is 5.72. The summed E-state index contributed by atoms with van der Waals surface area (Å²) in [6, 6.07) is 6.85. The molecule has 0 spiro atoms. The van der Waals surface area contributed by atoms with Gasteiger partial charge in [-0.1, -0.05) is 18.2 Å². The minimum Gasteiger partial charge on any atom is -0.478 e. The van der Waals surface area contributed by atoms with Gasteiger partial charge < -0.3 is 10.0 Å². The molecule has 1 aromatic rings. The zero-order chi connectivity index (χ0) is 15.5. The molecule has 0 radical (unpaired) electrons. The van der Waals surface area contributed by atoms with E-state index in [2.05, 4.69) is 0 Å². The maximum Gasteiger partial charge on any atom is 0.335 e. The molecule has 1 saturated heterocycles. The number of hydrogen-bond acceptors (Lipinski definition) is 3. The van der Waals surface area contributed by atoms with Crippen LogP contribution in [-0.4, -0.2) is 40.7 Å². The molecule has 1 unspecified atom stereocenters. The van der Waals surface area contributed by atoms with Gasteiger partial charge in [-0.05, 0) is 37.0 Å². The van der Waals surface area contributed by atoms with Gasteiger partial charge in [0.15, 0.2) is 0 Å². The minimum absolute atomic E-state index is 0.0442. The third kappa shape index (κ3) is 3.19. The Morgan fingerprint density at radius 1 is 1.09 bits per heavy atom. The van der Waals surface area contributed by atoms with Gasteiger partial charge in [-0.25, -0.2) is 4.79 Å². The van der Waals surface area contributed by atoms with Crippen molar-refractivity contribution < 1.29 is 14.7 Å². The predicted molar refractivity (Wildman–Crippen MR) is 87.8 cm³/mol. The van der Waals surface area contributed by atoms with E-state index in [4.69, 9.17) is 5.11 Å². The van der Waals surface area contributed by atoms with E-state index >= 15 is 0 Å². The molecule has 116 valence electrons. The van der Waals surface area contributed by atoms with Gasteiger partial charge in [0.1, 0.15) is 0 Å². The van der Waals surface area contributed by atoms with Gasteiger partial charge in [0.2, 0.25) is 5.91 Å². The van der Waals surface area contributed by atoms with Gasteiger partial charge in [-0.15, -0.1) is 11.8 Å². The van der Waals surface area contributed by atoms with Crippen LogP contribution in [0.25, 0.3) is 4.91 Å². The molecule has 1 fully saturated rings. The lowest BCUT2D eigenvalue weighted by molar-refractivity contribution is -0.134. The largest absolute Gasteiger partial charge is 0.478 e. The zero-order valence-electron chi connectivity index (χ0n) is 12.3. The molecular weight excluding hydrogens is 298 g/mol. The van der Waals surface area contributed by atoms with Crippen molar-refractivity contribution in [1.82, 2.24) is 4.90 Å². The monoisotopic (exact) mass is 317 g/mol. The highest BCUT2D eigenvalue weighted by Crippen LogP contribution is 2.37. The van der Waals surface area contributed by atoms with Crippen LogP contribution in [-0.2, 0) is 4.79 Å². The fourth-order valence-electron chi connectivity index (χ4n) is 2.91. The van der Waals surface area contributed by atoms with E-state index in [-0.39, 0.29) is 17.4 Å². The Labute approximate surface area is 134 Å². The van der Waals surface area contributed by atoms with Crippen LogP contribution in [0.15, 0.2) is 30.3 Å². The summed E-state index contributed by atoms with van der Waals surface area (Å²) in [6.45, 7) is 1.77. The third-order valence-electron chi connectivity index (χ3n) is 4.17. The Balaban J connectivity index is 1.70. The van der Waals surface area contributed by atoms with Crippen molar-refractivity contribution >= 4 is 28.5 Å². The number of piperidine rings is 1. The normalized spacial score (nSPS) is 21.5. The molecule has 5 heteroatoms. The van der Waals surface area contributed by atoms with Gasteiger partial charge in [0.25, 0.3) is 0 Å². The van der Waals surface area contributed by atoms with Crippen LogP contribution in [0.4, 0.5) is 0 Å². The van der Waals surface area contributed by atoms with Crippen molar-refractivity contribution in [3.63, 3.8) is 0 Å². The lowest BCUT2D eigenvalue weighted by atomic mass is 10.0. The topological polar surface area (TPSA) is 57.6 Å². The average molecular weight is 317 g/mol. The summed E-state index contributed by atoms with van der Waals surface area (Å²) in [7, 11) is 0. The molecule has 1 aromatic carbocycles. The Kier molecular flexibility index (Phi) is 4.52. The van der Waals surface area contributed by atoms with E-state index in [0.29, 0.717) is 0 Å². The first-order valence-electron chi connectivity index (χ1n) is 7.62. The molecular formula is C17H19NO3S. The highest BCUT2D eigenvalue weighted by atomic mass is 32.2. The molecule has 1 atom stereocenters. The lowest BCUT2D eigenvalue weighted by Gasteiger charge is -2.28. The molecule has 0 bridgehead atoms. The number of carboxylic acids is 1. The van der Waals surface area contributed by atoms with Gasteiger partial charge >= 0.3 is 5.97 Å². The van der Waals surface area contributed by atoms with Gasteiger partial charge in [0, 0.05) is 23.7 Å². The Morgan fingerprint density at radius 2 is 1.77 bits per heavy atom. The second kappa shape index (κ2) is 6.57. The van der Waals surface area contributed by atoms with Gasteiger partial charge in [0.05, 0.1) is 11.5 Å². The maximum atomic E-state index is 12.5. The number of rotatable bonds is 3. The molecule has 0 saturated carbocycles. The zero-order valence-corrected chi connectivity index (χ0v) is 13.1. The molecule has 0 aliphatic carbocycles. The number of aromatic carboxylic acids is 1. The van der Waals surface area contributed by atoms with E-state index in [9.17, 15) is 9.59 Å². The van der Waals surface area contributed by atoms with E-state index in [1.807, 2.05) is 23.1 Å². The van der Waals surface area contributed by atoms with E-state index in [0.717, 1.165) is 42.2 Å². The summed E-state index contributed by atoms with van der Waals surface area (Å²) in [5.74, 6) is 0.0603. The summed E-state index contributed by atoms with van der Waals surface area (Å²) >= 11 is 1.68. The Bertz CT molecular complexity index is 603. The molecule has 3 rings (SSSR count). The number of carbonyl (C=O) groups is 2. The molecule has 2 heterocycles. The predicted octanol–water partition coefficient (Wildman–Crippen LogP) is 3.10. The van der Waals surface area contributed by atoms with Crippen molar-refractivity contribution in [1.29, 1.82) is 0 Å². The summed E-state index contributed by atoms with van der Waals surface area (Å²) in [6.07, 6.45) is 5.48. The molecule has 2 aliphatic rings. The summed E-state index contributed by atoms with van der Waals surface area (Å²) in [5, 5.41) is 8.93. The third-order valence-corrected chi connectivity index (χ3v) is 5.38. The highest BCUT2D eigenvalue weighted by molar-refractivity contribution is 8.08. The van der Waals surface area contributed by atoms with Gasteiger partial charge in [-0.2, -0.15) is 0 Å². The first-order chi connectivity index (χ1) is 10.6. The minimum atomic E-state index is -0.919. The van der Waals surface area contributed by atoms with Crippen molar-refractivity contribution in [3.05, 3.63) is 41.5 Å². The molecule has 2 aliphatic heterocycles. The summed E-state index contributed by atoms with van der Waals surface area (Å²) in [4.78, 5) is 26.5. The Morgan fingerprint density at radius 3 is 2.41 bits per heavy atom. The average Bonchev–Trinajstić information content (AvgIpc) is 3.05. The number of carbonyl (C=O) groups excluding carboxylic acids is 1. The fourth-order valence-corrected chi connectivity index (χ4v) is 4.07. The van der Waals surface area contributed by atoms with Crippen LogP contribution < -0.4 is 0 Å². The second-order valence-corrected chi connectivity index (χ2v) is 6.78. The summed E-state index contributed by atoms with van der Waals surface area (Å²) in [5.41, 5.74) is 1.28. The molecule has 22 heavy (non-hydrogen) atoms. The van der Waals surface area contributed by atoms with Crippen LogP contribution in [0.5, 0.6) is 0 Å². The lowest BCUT2D eigenvalue weighted by Crippen LogP contribution is -2.39. The van der Waals surface area contributed by atoms with Crippen LogP contribution in [0.1, 0.15) is 35.2 Å². The standard InChI is InChI=1S/C17H19NO3S/c19-16(18-8-2-1-3-9-18)14-10-15(22-11-14)12-4-6-13(7-5-12)17(20)21/h4-7,10,14H,1-3,8-9,11H2,(H,20,21). The fraction of sp³-hybridized carbons (Fsp3) is 0.412. The smallest absolute Gasteiger partial charge is 0.335 e. The van der Waals surface area contributed by atoms with Crippen molar-refractivity contribution in [2.45, 2.75) is 19.3 Å². The van der Waals surface area contributed by atoms with Crippen LogP contribution in [0.3, 0.4) is 0 Å². The van der Waals surface area contributed by atoms with Crippen LogP contribution in [0, 0.1) is 5.92 Å². The SMILES string of the molecule is O=C(O)c1ccc(C2=CC(C(=O)N3CCCCC3)CS2)cc1. The number of nitrogens with zero attached hydrogens (tertiary/aromatic N) is 1. The maximum absolute atomic E-state index is 12.5. The van der Waals surface area contributed by atoms with E-state index < -0.39 is 5.97 Å². The first-order valence-corrected chi connectivity index (χ1v) is 8.61. The van der Waals surface area contributed by atoms with Crippen LogP contribution >= 0.6 is 11.8 Å². The molecule has 1 amide bonds. The van der Waals surface area contributed by atoms with Gasteiger partial charge in [-0.3, -0.25) is 4.79 Å². The first kappa shape index (κ1) is 15.2. The number of thioether (sulfide) groups is 1. The number of amides is 1. The molecule has 1 N–H and O–H groups in total. The summed E-state index contributed by atoms with van der Waals surface area (Å²) < 4.78 is 0. The van der Waals surface area contributed by atoms with Crippen molar-refractivity contribution in [2.24, 2.45) is 5.92 Å².